The third kappa shape index (κ3) is 2.69. The molecule has 0 saturated carbocycles. The van der Waals surface area contributed by atoms with Crippen molar-refractivity contribution < 1.29 is 9.21 Å². The van der Waals surface area contributed by atoms with E-state index in [1.165, 1.54) is 0 Å². The van der Waals surface area contributed by atoms with Crippen molar-refractivity contribution in [3.8, 4) is 0 Å². The first kappa shape index (κ1) is 14.2. The number of amides is 1. The van der Waals surface area contributed by atoms with Crippen LogP contribution in [0.3, 0.4) is 0 Å². The summed E-state index contributed by atoms with van der Waals surface area (Å²) in [6, 6.07) is 7.56. The molecule has 0 saturated heterocycles. The number of aryl methyl sites for hydroxylation is 2. The molecule has 0 fully saturated rings. The van der Waals surface area contributed by atoms with Crippen LogP contribution in [0.25, 0.3) is 0 Å². The lowest BCUT2D eigenvalue weighted by Crippen LogP contribution is -2.27. The Hall–Kier alpha value is -2.23. The van der Waals surface area contributed by atoms with E-state index in [0.29, 0.717) is 23.6 Å². The largest absolute Gasteiger partial charge is 0.466 e. The molecule has 2 rings (SSSR count). The van der Waals surface area contributed by atoms with Crippen LogP contribution < -0.4 is 5.73 Å². The van der Waals surface area contributed by atoms with E-state index in [4.69, 9.17) is 10.2 Å². The Morgan fingerprint density at radius 3 is 2.50 bits per heavy atom. The van der Waals surface area contributed by atoms with Crippen LogP contribution in [-0.2, 0) is 6.54 Å². The Morgan fingerprint density at radius 2 is 1.95 bits per heavy atom. The summed E-state index contributed by atoms with van der Waals surface area (Å²) in [5.74, 6) is 1.44. The molecule has 0 atom stereocenters. The van der Waals surface area contributed by atoms with Crippen LogP contribution in [0.1, 0.15) is 33.0 Å². The molecular weight excluding hydrogens is 252 g/mol. The van der Waals surface area contributed by atoms with E-state index in [-0.39, 0.29) is 5.91 Å². The van der Waals surface area contributed by atoms with E-state index >= 15 is 0 Å². The third-order valence-corrected chi connectivity index (χ3v) is 3.49. The van der Waals surface area contributed by atoms with E-state index in [9.17, 15) is 4.79 Å². The number of rotatable bonds is 3. The normalized spacial score (nSPS) is 10.6. The molecule has 0 aliphatic carbocycles. The van der Waals surface area contributed by atoms with Gasteiger partial charge in [-0.3, -0.25) is 4.79 Å². The number of hydrogen-bond donors (Lipinski definition) is 1. The fraction of sp³-hybridized carbons (Fsp3) is 0.312. The van der Waals surface area contributed by atoms with Crippen molar-refractivity contribution in [2.75, 3.05) is 12.8 Å². The zero-order valence-corrected chi connectivity index (χ0v) is 12.4. The smallest absolute Gasteiger partial charge is 0.257 e. The molecule has 1 aromatic carbocycles. The number of nitrogens with zero attached hydrogens (tertiary/aromatic N) is 1. The number of hydrogen-bond acceptors (Lipinski definition) is 3. The number of benzene rings is 1. The Labute approximate surface area is 119 Å². The van der Waals surface area contributed by atoms with E-state index in [0.717, 1.165) is 16.9 Å². The molecule has 0 bridgehead atoms. The summed E-state index contributed by atoms with van der Waals surface area (Å²) in [6.07, 6.45) is 0. The molecule has 4 nitrogen and oxygen atoms in total. The standard InChI is InChI=1S/C16H20N2O2/c1-10-11(2)20-12(3)15(10)16(19)18(4)9-13-6-5-7-14(17)8-13/h5-8H,9,17H2,1-4H3. The van der Waals surface area contributed by atoms with Gasteiger partial charge < -0.3 is 15.1 Å². The molecule has 20 heavy (non-hydrogen) atoms. The molecule has 4 heteroatoms. The molecule has 0 spiro atoms. The Kier molecular flexibility index (Phi) is 3.84. The van der Waals surface area contributed by atoms with Gasteiger partial charge in [0, 0.05) is 24.8 Å². The SMILES string of the molecule is Cc1oc(C)c(C(=O)N(C)Cc2cccc(N)c2)c1C. The van der Waals surface area contributed by atoms with Crippen LogP contribution in [0, 0.1) is 20.8 Å². The molecule has 1 heterocycles. The first-order valence-electron chi connectivity index (χ1n) is 6.56. The van der Waals surface area contributed by atoms with Gasteiger partial charge in [0.2, 0.25) is 0 Å². The predicted octanol–water partition coefficient (Wildman–Crippen LogP) is 3.06. The minimum absolute atomic E-state index is 0.0284. The van der Waals surface area contributed by atoms with Crippen LogP contribution in [0.2, 0.25) is 0 Å². The van der Waals surface area contributed by atoms with Gasteiger partial charge in [-0.1, -0.05) is 12.1 Å². The van der Waals surface area contributed by atoms with Crippen LogP contribution in [0.5, 0.6) is 0 Å². The monoisotopic (exact) mass is 272 g/mol. The van der Waals surface area contributed by atoms with Crippen molar-refractivity contribution in [2.45, 2.75) is 27.3 Å². The lowest BCUT2D eigenvalue weighted by Gasteiger charge is -2.17. The maximum atomic E-state index is 12.5. The van der Waals surface area contributed by atoms with Gasteiger partial charge in [0.25, 0.3) is 5.91 Å². The van der Waals surface area contributed by atoms with Gasteiger partial charge >= 0.3 is 0 Å². The van der Waals surface area contributed by atoms with E-state index in [2.05, 4.69) is 0 Å². The molecule has 0 aliphatic rings. The summed E-state index contributed by atoms with van der Waals surface area (Å²) in [5, 5.41) is 0. The maximum absolute atomic E-state index is 12.5. The zero-order chi connectivity index (χ0) is 14.9. The number of furan rings is 1. The van der Waals surface area contributed by atoms with Crippen LogP contribution in [0.4, 0.5) is 5.69 Å². The number of anilines is 1. The summed E-state index contributed by atoms with van der Waals surface area (Å²) in [6.45, 7) is 6.12. The highest BCUT2D eigenvalue weighted by Crippen LogP contribution is 2.22. The van der Waals surface area contributed by atoms with Gasteiger partial charge in [0.05, 0.1) is 5.56 Å². The van der Waals surface area contributed by atoms with Gasteiger partial charge in [-0.05, 0) is 38.5 Å². The Morgan fingerprint density at radius 1 is 1.25 bits per heavy atom. The molecule has 0 unspecified atom stereocenters. The molecule has 1 aromatic heterocycles. The van der Waals surface area contributed by atoms with Gasteiger partial charge in [-0.2, -0.15) is 0 Å². The van der Waals surface area contributed by atoms with Crippen LogP contribution in [0.15, 0.2) is 28.7 Å². The summed E-state index contributed by atoms with van der Waals surface area (Å²) >= 11 is 0. The van der Waals surface area contributed by atoms with Crippen molar-refractivity contribution in [1.29, 1.82) is 0 Å². The summed E-state index contributed by atoms with van der Waals surface area (Å²) in [4.78, 5) is 14.2. The molecule has 1 amide bonds. The topological polar surface area (TPSA) is 59.5 Å². The van der Waals surface area contributed by atoms with Crippen LogP contribution in [-0.4, -0.2) is 17.9 Å². The van der Waals surface area contributed by atoms with Gasteiger partial charge in [-0.15, -0.1) is 0 Å². The molecule has 0 radical (unpaired) electrons. The molecule has 2 aromatic rings. The van der Waals surface area contributed by atoms with Crippen molar-refractivity contribution in [3.05, 3.63) is 52.5 Å². The zero-order valence-electron chi connectivity index (χ0n) is 12.4. The molecule has 2 N–H and O–H groups in total. The minimum atomic E-state index is -0.0284. The van der Waals surface area contributed by atoms with Crippen LogP contribution >= 0.6 is 0 Å². The van der Waals surface area contributed by atoms with Crippen molar-refractivity contribution in [1.82, 2.24) is 4.90 Å². The third-order valence-electron chi connectivity index (χ3n) is 3.49. The van der Waals surface area contributed by atoms with E-state index < -0.39 is 0 Å². The summed E-state index contributed by atoms with van der Waals surface area (Å²) in [7, 11) is 1.78. The van der Waals surface area contributed by atoms with E-state index in [1.807, 2.05) is 45.0 Å². The summed E-state index contributed by atoms with van der Waals surface area (Å²) < 4.78 is 5.52. The average molecular weight is 272 g/mol. The highest BCUT2D eigenvalue weighted by molar-refractivity contribution is 5.96. The van der Waals surface area contributed by atoms with Crippen molar-refractivity contribution >= 4 is 11.6 Å². The van der Waals surface area contributed by atoms with Gasteiger partial charge in [-0.25, -0.2) is 0 Å². The second kappa shape index (κ2) is 5.41. The average Bonchev–Trinajstić information content (AvgIpc) is 2.62. The summed E-state index contributed by atoms with van der Waals surface area (Å²) in [5.41, 5.74) is 9.04. The number of nitrogen functional groups attached to an aromatic ring is 1. The predicted molar refractivity (Wildman–Crippen MR) is 79.6 cm³/mol. The highest BCUT2D eigenvalue weighted by atomic mass is 16.3. The van der Waals surface area contributed by atoms with E-state index in [1.54, 1.807) is 11.9 Å². The molecular formula is C16H20N2O2. The first-order valence-corrected chi connectivity index (χ1v) is 6.56. The first-order chi connectivity index (χ1) is 9.40. The lowest BCUT2D eigenvalue weighted by molar-refractivity contribution is 0.0782. The molecule has 0 aliphatic heterocycles. The lowest BCUT2D eigenvalue weighted by atomic mass is 10.1. The molecule has 106 valence electrons. The van der Waals surface area contributed by atoms with Crippen molar-refractivity contribution in [2.24, 2.45) is 0 Å². The Bertz CT molecular complexity index is 644. The van der Waals surface area contributed by atoms with Crippen molar-refractivity contribution in [3.63, 3.8) is 0 Å². The Balaban J connectivity index is 2.21. The van der Waals surface area contributed by atoms with Gasteiger partial charge in [0.15, 0.2) is 0 Å². The number of carbonyl (C=O) groups is 1. The quantitative estimate of drug-likeness (QED) is 0.874. The second-order valence-corrected chi connectivity index (χ2v) is 5.12. The van der Waals surface area contributed by atoms with Gasteiger partial charge in [0.1, 0.15) is 11.5 Å². The minimum Gasteiger partial charge on any atom is -0.466 e. The fourth-order valence-corrected chi connectivity index (χ4v) is 2.34. The highest BCUT2D eigenvalue weighted by Gasteiger charge is 2.21. The number of nitrogens with two attached hydrogens (primary N) is 1. The maximum Gasteiger partial charge on any atom is 0.257 e. The second-order valence-electron chi connectivity index (χ2n) is 5.12. The number of carbonyl (C=O) groups excluding carboxylic acids is 1. The fourth-order valence-electron chi connectivity index (χ4n) is 2.34.